The van der Waals surface area contributed by atoms with Crippen molar-refractivity contribution in [1.82, 2.24) is 34.8 Å². The number of nitrogens with zero attached hydrogens (tertiary/aromatic N) is 6. The molecule has 0 bridgehead atoms. The summed E-state index contributed by atoms with van der Waals surface area (Å²) in [6.45, 7) is 4.42. The fraction of sp³-hybridized carbons (Fsp3) is 0.462. The monoisotopic (exact) mass is 777 g/mol. The summed E-state index contributed by atoms with van der Waals surface area (Å²) in [5, 5.41) is 31.7. The van der Waals surface area contributed by atoms with E-state index in [9.17, 15) is 44.1 Å². The molecular formula is C39H51N7O10. The maximum Gasteiger partial charge on any atom is 0.317 e. The van der Waals surface area contributed by atoms with Gasteiger partial charge in [0, 0.05) is 77.0 Å². The highest BCUT2D eigenvalue weighted by Gasteiger charge is 2.23. The van der Waals surface area contributed by atoms with E-state index in [1.807, 2.05) is 36.1 Å². The van der Waals surface area contributed by atoms with E-state index in [4.69, 9.17) is 4.74 Å². The van der Waals surface area contributed by atoms with Crippen LogP contribution in [0.25, 0.3) is 10.9 Å². The van der Waals surface area contributed by atoms with Crippen LogP contribution in [0.1, 0.15) is 27.9 Å². The third-order valence-corrected chi connectivity index (χ3v) is 9.36. The summed E-state index contributed by atoms with van der Waals surface area (Å²) in [6.07, 6.45) is 2.60. The first kappa shape index (κ1) is 43.2. The number of carbonyl (C=O) groups is 6. The van der Waals surface area contributed by atoms with Gasteiger partial charge in [0.15, 0.2) is 0 Å². The molecule has 17 heteroatoms. The molecule has 0 saturated carbocycles. The molecule has 1 fully saturated rings. The van der Waals surface area contributed by atoms with E-state index in [0.717, 1.165) is 11.1 Å². The van der Waals surface area contributed by atoms with Crippen molar-refractivity contribution in [3.63, 3.8) is 0 Å². The number of pyridine rings is 1. The van der Waals surface area contributed by atoms with E-state index in [1.54, 1.807) is 43.9 Å². The van der Waals surface area contributed by atoms with Crippen LogP contribution in [0.2, 0.25) is 0 Å². The standard InChI is InChI=1S/C39H51N7O10/c1-29-3-5-30(6-4-29)24-46(12-2-22-56-31-7-8-34-33(23-31)32(9-10-40-34)39(55)41-11-21-47)35(48)25-42-13-15-43(26-36(49)50)17-19-45(28-38(53)54)20-18-44(16-14-42)27-37(51)52/h3-10,21,23H,2,11-20,22,24-28H2,1H3,(H,41,55)(H,49,50)(H,51,52)(H,53,54). The number of rotatable bonds is 18. The molecule has 1 aromatic heterocycles. The molecular weight excluding hydrogens is 726 g/mol. The maximum atomic E-state index is 14.1. The van der Waals surface area contributed by atoms with Crippen molar-refractivity contribution in [3.05, 3.63) is 71.4 Å². The molecule has 3 aromatic rings. The number of carbonyl (C=O) groups excluding carboxylic acids is 3. The molecule has 2 aromatic carbocycles. The summed E-state index contributed by atoms with van der Waals surface area (Å²) in [6, 6.07) is 14.7. The molecule has 2 amide bonds. The maximum absolute atomic E-state index is 14.1. The molecule has 4 N–H and O–H groups in total. The number of aldehydes is 1. The normalized spacial score (nSPS) is 15.3. The van der Waals surface area contributed by atoms with Crippen LogP contribution >= 0.6 is 0 Å². The second-order valence-corrected chi connectivity index (χ2v) is 13.7. The first-order chi connectivity index (χ1) is 26.9. The summed E-state index contributed by atoms with van der Waals surface area (Å²) in [5.74, 6) is -3.14. The zero-order valence-corrected chi connectivity index (χ0v) is 31.7. The number of benzene rings is 2. The van der Waals surface area contributed by atoms with Crippen LogP contribution in [0.15, 0.2) is 54.7 Å². The molecule has 1 aliphatic rings. The summed E-state index contributed by atoms with van der Waals surface area (Å²) in [4.78, 5) is 85.6. The lowest BCUT2D eigenvalue weighted by atomic mass is 10.1. The molecule has 4 rings (SSSR count). The molecule has 0 radical (unpaired) electrons. The Labute approximate surface area is 325 Å². The number of amides is 2. The zero-order valence-electron chi connectivity index (χ0n) is 31.7. The van der Waals surface area contributed by atoms with Crippen molar-refractivity contribution in [2.75, 3.05) is 98.2 Å². The third-order valence-electron chi connectivity index (χ3n) is 9.36. The fourth-order valence-corrected chi connectivity index (χ4v) is 6.37. The number of hydrogen-bond donors (Lipinski definition) is 4. The van der Waals surface area contributed by atoms with E-state index in [2.05, 4.69) is 10.3 Å². The van der Waals surface area contributed by atoms with Crippen LogP contribution in [0.5, 0.6) is 5.75 Å². The molecule has 0 spiro atoms. The quantitative estimate of drug-likeness (QED) is 0.104. The lowest BCUT2D eigenvalue weighted by Crippen LogP contribution is -2.50. The SMILES string of the molecule is Cc1ccc(CN(CCCOc2ccc3nccc(C(=O)NCC=O)c3c2)C(=O)CN2CCN(CC(=O)O)CCN(CC(=O)O)CCN(CC(=O)O)CC2)cc1. The minimum Gasteiger partial charge on any atom is -0.494 e. The Balaban J connectivity index is 1.47. The van der Waals surface area contributed by atoms with Gasteiger partial charge in [-0.1, -0.05) is 29.8 Å². The summed E-state index contributed by atoms with van der Waals surface area (Å²) < 4.78 is 6.06. The lowest BCUT2D eigenvalue weighted by Gasteiger charge is -2.33. The van der Waals surface area contributed by atoms with Crippen LogP contribution in [0, 0.1) is 6.92 Å². The van der Waals surface area contributed by atoms with Crippen molar-refractivity contribution in [1.29, 1.82) is 0 Å². The van der Waals surface area contributed by atoms with E-state index >= 15 is 0 Å². The largest absolute Gasteiger partial charge is 0.494 e. The molecule has 302 valence electrons. The second-order valence-electron chi connectivity index (χ2n) is 13.7. The highest BCUT2D eigenvalue weighted by atomic mass is 16.5. The number of ether oxygens (including phenoxy) is 1. The highest BCUT2D eigenvalue weighted by Crippen LogP contribution is 2.23. The minimum absolute atomic E-state index is 0.00625. The van der Waals surface area contributed by atoms with Crippen LogP contribution in [0.4, 0.5) is 0 Å². The van der Waals surface area contributed by atoms with Gasteiger partial charge in [0.2, 0.25) is 5.91 Å². The topological polar surface area (TPSA) is 213 Å². The van der Waals surface area contributed by atoms with E-state index in [0.29, 0.717) is 74.2 Å². The molecule has 2 heterocycles. The molecule has 17 nitrogen and oxygen atoms in total. The Kier molecular flexibility index (Phi) is 17.1. The predicted octanol–water partition coefficient (Wildman–Crippen LogP) is 0.745. The molecule has 1 saturated heterocycles. The average Bonchev–Trinajstić information content (AvgIpc) is 3.15. The summed E-state index contributed by atoms with van der Waals surface area (Å²) in [5.41, 5.74) is 2.96. The van der Waals surface area contributed by atoms with E-state index < -0.39 is 23.8 Å². The predicted molar refractivity (Wildman–Crippen MR) is 206 cm³/mol. The van der Waals surface area contributed by atoms with Gasteiger partial charge in [-0.2, -0.15) is 0 Å². The number of hydrogen-bond acceptors (Lipinski definition) is 12. The molecule has 56 heavy (non-hydrogen) atoms. The van der Waals surface area contributed by atoms with Gasteiger partial charge >= 0.3 is 17.9 Å². The number of fused-ring (bicyclic) bond motifs is 1. The van der Waals surface area contributed by atoms with Gasteiger partial charge in [0.25, 0.3) is 5.91 Å². The zero-order chi connectivity index (χ0) is 40.5. The molecule has 0 atom stereocenters. The van der Waals surface area contributed by atoms with Gasteiger partial charge in [0.05, 0.1) is 50.4 Å². The molecule has 0 unspecified atom stereocenters. The smallest absolute Gasteiger partial charge is 0.317 e. The highest BCUT2D eigenvalue weighted by molar-refractivity contribution is 6.06. The second kappa shape index (κ2) is 22.2. The number of carboxylic acids is 3. The Morgan fingerprint density at radius 3 is 1.82 bits per heavy atom. The number of aromatic nitrogens is 1. The van der Waals surface area contributed by atoms with E-state index in [1.165, 1.54) is 6.20 Å². The number of carboxylic acid groups (broad SMARTS) is 3. The summed E-state index contributed by atoms with van der Waals surface area (Å²) in [7, 11) is 0. The van der Waals surface area contributed by atoms with Crippen LogP contribution in [-0.4, -0.2) is 179 Å². The van der Waals surface area contributed by atoms with Crippen LogP contribution in [-0.2, 0) is 30.5 Å². The lowest BCUT2D eigenvalue weighted by molar-refractivity contribution is -0.140. The third kappa shape index (κ3) is 14.6. The van der Waals surface area contributed by atoms with Gasteiger partial charge in [-0.3, -0.25) is 48.6 Å². The van der Waals surface area contributed by atoms with Crippen molar-refractivity contribution < 1.29 is 48.8 Å². The van der Waals surface area contributed by atoms with Gasteiger partial charge in [-0.15, -0.1) is 0 Å². The number of nitrogens with one attached hydrogen (secondary N) is 1. The van der Waals surface area contributed by atoms with E-state index in [-0.39, 0.29) is 71.4 Å². The Hall–Kier alpha value is -5.49. The Morgan fingerprint density at radius 1 is 0.768 bits per heavy atom. The molecule has 0 aliphatic carbocycles. The minimum atomic E-state index is -1.03. The fourth-order valence-electron chi connectivity index (χ4n) is 6.37. The summed E-state index contributed by atoms with van der Waals surface area (Å²) >= 11 is 0. The number of aryl methyl sites for hydroxylation is 1. The van der Waals surface area contributed by atoms with Crippen molar-refractivity contribution >= 4 is 46.9 Å². The van der Waals surface area contributed by atoms with Crippen molar-refractivity contribution in [2.24, 2.45) is 0 Å². The number of aliphatic carboxylic acids is 3. The first-order valence-electron chi connectivity index (χ1n) is 18.5. The molecule has 1 aliphatic heterocycles. The van der Waals surface area contributed by atoms with Gasteiger partial charge in [-0.25, -0.2) is 0 Å². The van der Waals surface area contributed by atoms with Crippen molar-refractivity contribution in [3.8, 4) is 5.75 Å². The van der Waals surface area contributed by atoms with Crippen LogP contribution in [0.3, 0.4) is 0 Å². The average molecular weight is 778 g/mol. The van der Waals surface area contributed by atoms with Crippen molar-refractivity contribution in [2.45, 2.75) is 19.9 Å². The van der Waals surface area contributed by atoms with Crippen LogP contribution < -0.4 is 10.1 Å². The van der Waals surface area contributed by atoms with Gasteiger partial charge in [0.1, 0.15) is 12.0 Å². The first-order valence-corrected chi connectivity index (χ1v) is 18.5. The van der Waals surface area contributed by atoms with Gasteiger partial charge < -0.3 is 35.1 Å². The van der Waals surface area contributed by atoms with Gasteiger partial charge in [-0.05, 0) is 43.2 Å². The Bertz CT molecular complexity index is 1780. The Morgan fingerprint density at radius 2 is 1.30 bits per heavy atom.